The highest BCUT2D eigenvalue weighted by molar-refractivity contribution is 7.89. The maximum absolute atomic E-state index is 12.3. The smallest absolute Gasteiger partial charge is 0.332 e. The number of ether oxygens (including phenoxy) is 1. The van der Waals surface area contributed by atoms with Gasteiger partial charge in [-0.15, -0.1) is 0 Å². The van der Waals surface area contributed by atoms with E-state index < -0.39 is 22.0 Å². The van der Waals surface area contributed by atoms with Crippen LogP contribution in [0.3, 0.4) is 0 Å². The summed E-state index contributed by atoms with van der Waals surface area (Å²) in [4.78, 5) is 21.0. The van der Waals surface area contributed by atoms with Gasteiger partial charge >= 0.3 is 5.97 Å². The minimum Gasteiger partial charge on any atom is -0.425 e. The number of carbonyl (C=O) groups excluding carboxylic acids is 1. The lowest BCUT2D eigenvalue weighted by Crippen LogP contribution is -2.25. The third-order valence-electron chi connectivity index (χ3n) is 4.88. The largest absolute Gasteiger partial charge is 0.425 e. The molecule has 0 unspecified atom stereocenters. The van der Waals surface area contributed by atoms with Crippen LogP contribution in [0, 0.1) is 0 Å². The van der Waals surface area contributed by atoms with E-state index in [1.165, 1.54) is 12.1 Å². The molecule has 0 bridgehead atoms. The second-order valence-electron chi connectivity index (χ2n) is 7.29. The van der Waals surface area contributed by atoms with Gasteiger partial charge in [0.05, 0.1) is 10.6 Å². The Morgan fingerprint density at radius 3 is 2.24 bits per heavy atom. The standard InChI is InChI=1S/C24H21N5O4S/c25-22(23(30)33-19-4-2-1-3-5-19)17-8-6-16(7-9-17)21-14-15-27-24(29-21)28-18-10-12-20(13-11-18)34(26,31)32/h1-15,22H,25H2,(H2,26,31,32)(H,27,28,29)/t22-/m0/s1. The number of nitrogens with two attached hydrogens (primary N) is 2. The Morgan fingerprint density at radius 1 is 0.912 bits per heavy atom. The number of nitrogens with zero attached hydrogens (tertiary/aromatic N) is 2. The average Bonchev–Trinajstić information content (AvgIpc) is 2.84. The molecule has 0 spiro atoms. The van der Waals surface area contributed by atoms with E-state index in [2.05, 4.69) is 15.3 Å². The monoisotopic (exact) mass is 475 g/mol. The van der Waals surface area contributed by atoms with Crippen LogP contribution in [0.2, 0.25) is 0 Å². The van der Waals surface area contributed by atoms with Gasteiger partial charge in [0.15, 0.2) is 0 Å². The van der Waals surface area contributed by atoms with Crippen LogP contribution in [0.15, 0.2) is 96.0 Å². The Morgan fingerprint density at radius 2 is 1.59 bits per heavy atom. The van der Waals surface area contributed by atoms with Gasteiger partial charge in [-0.25, -0.2) is 28.3 Å². The van der Waals surface area contributed by atoms with Crippen molar-refractivity contribution in [1.82, 2.24) is 9.97 Å². The van der Waals surface area contributed by atoms with E-state index in [4.69, 9.17) is 15.6 Å². The maximum Gasteiger partial charge on any atom is 0.332 e. The maximum atomic E-state index is 12.3. The Bertz CT molecular complexity index is 1390. The van der Waals surface area contributed by atoms with Gasteiger partial charge in [-0.2, -0.15) is 0 Å². The minimum absolute atomic E-state index is 0.0127. The molecule has 10 heteroatoms. The summed E-state index contributed by atoms with van der Waals surface area (Å²) in [5, 5.41) is 8.14. The normalized spacial score (nSPS) is 12.1. The first kappa shape index (κ1) is 23.1. The third kappa shape index (κ3) is 5.62. The summed E-state index contributed by atoms with van der Waals surface area (Å²) >= 11 is 0. The number of para-hydroxylation sites is 1. The van der Waals surface area contributed by atoms with Crippen molar-refractivity contribution in [3.63, 3.8) is 0 Å². The van der Waals surface area contributed by atoms with E-state index in [-0.39, 0.29) is 4.90 Å². The SMILES string of the molecule is N[C@H](C(=O)Oc1ccccc1)c1ccc(-c2ccnc(Nc3ccc(S(N)(=O)=O)cc3)n2)cc1. The number of anilines is 2. The topological polar surface area (TPSA) is 150 Å². The fourth-order valence-corrected chi connectivity index (χ4v) is 3.62. The van der Waals surface area contributed by atoms with Gasteiger partial charge in [-0.05, 0) is 48.0 Å². The lowest BCUT2D eigenvalue weighted by molar-refractivity contribution is -0.136. The molecule has 0 aliphatic carbocycles. The second kappa shape index (κ2) is 9.79. The van der Waals surface area contributed by atoms with E-state index in [9.17, 15) is 13.2 Å². The van der Waals surface area contributed by atoms with E-state index in [1.807, 2.05) is 6.07 Å². The van der Waals surface area contributed by atoms with E-state index in [0.29, 0.717) is 28.6 Å². The number of aromatic nitrogens is 2. The molecule has 0 saturated carbocycles. The molecule has 0 amide bonds. The average molecular weight is 476 g/mol. The molecule has 3 aromatic carbocycles. The van der Waals surface area contributed by atoms with Crippen LogP contribution < -0.4 is 20.9 Å². The zero-order valence-corrected chi connectivity index (χ0v) is 18.6. The Balaban J connectivity index is 1.45. The van der Waals surface area contributed by atoms with Crippen LogP contribution in [-0.4, -0.2) is 24.4 Å². The summed E-state index contributed by atoms with van der Waals surface area (Å²) in [6.07, 6.45) is 1.60. The number of hydrogen-bond acceptors (Lipinski definition) is 8. The predicted molar refractivity (Wildman–Crippen MR) is 128 cm³/mol. The number of primary sulfonamides is 1. The quantitative estimate of drug-likeness (QED) is 0.272. The highest BCUT2D eigenvalue weighted by Gasteiger charge is 2.18. The molecule has 34 heavy (non-hydrogen) atoms. The first-order valence-electron chi connectivity index (χ1n) is 10.2. The Kier molecular flexibility index (Phi) is 6.64. The number of nitrogens with one attached hydrogen (secondary N) is 1. The molecule has 9 nitrogen and oxygen atoms in total. The summed E-state index contributed by atoms with van der Waals surface area (Å²) in [5.41, 5.74) is 8.71. The van der Waals surface area contributed by atoms with Crippen molar-refractivity contribution >= 4 is 27.6 Å². The zero-order chi connectivity index (χ0) is 24.1. The van der Waals surface area contributed by atoms with Gasteiger partial charge in [-0.1, -0.05) is 42.5 Å². The molecular weight excluding hydrogens is 454 g/mol. The summed E-state index contributed by atoms with van der Waals surface area (Å²) < 4.78 is 28.1. The molecule has 172 valence electrons. The van der Waals surface area contributed by atoms with E-state index in [0.717, 1.165) is 5.56 Å². The van der Waals surface area contributed by atoms with Gasteiger partial charge in [0, 0.05) is 17.4 Å². The molecule has 5 N–H and O–H groups in total. The predicted octanol–water partition coefficient (Wildman–Crippen LogP) is 3.14. The summed E-state index contributed by atoms with van der Waals surface area (Å²) in [5.74, 6) is 0.203. The van der Waals surface area contributed by atoms with Crippen molar-refractivity contribution in [2.45, 2.75) is 10.9 Å². The number of carbonyl (C=O) groups is 1. The van der Waals surface area contributed by atoms with E-state index in [1.54, 1.807) is 72.9 Å². The highest BCUT2D eigenvalue weighted by Crippen LogP contribution is 2.23. The molecule has 0 aliphatic rings. The second-order valence-corrected chi connectivity index (χ2v) is 8.86. The Hall–Kier alpha value is -4.12. The minimum atomic E-state index is -3.76. The molecule has 1 atom stereocenters. The molecule has 4 aromatic rings. The zero-order valence-electron chi connectivity index (χ0n) is 17.8. The molecular formula is C24H21N5O4S. The molecule has 0 aliphatic heterocycles. The number of esters is 1. The summed E-state index contributed by atoms with van der Waals surface area (Å²) in [6, 6.07) is 22.6. The van der Waals surface area contributed by atoms with Crippen LogP contribution in [-0.2, 0) is 14.8 Å². The molecule has 0 fully saturated rings. The molecule has 4 rings (SSSR count). The summed E-state index contributed by atoms with van der Waals surface area (Å²) in [7, 11) is -3.76. The molecule has 1 aromatic heterocycles. The van der Waals surface area contributed by atoms with Gasteiger partial charge in [0.1, 0.15) is 11.8 Å². The third-order valence-corrected chi connectivity index (χ3v) is 5.80. The molecule has 0 saturated heterocycles. The number of sulfonamides is 1. The van der Waals surface area contributed by atoms with Crippen LogP contribution in [0.5, 0.6) is 5.75 Å². The first-order chi connectivity index (χ1) is 16.3. The van der Waals surface area contributed by atoms with Gasteiger partial charge in [0.2, 0.25) is 16.0 Å². The Labute approximate surface area is 196 Å². The van der Waals surface area contributed by atoms with Crippen molar-refractivity contribution in [3.8, 4) is 17.0 Å². The van der Waals surface area contributed by atoms with Crippen LogP contribution in [0.25, 0.3) is 11.3 Å². The van der Waals surface area contributed by atoms with E-state index >= 15 is 0 Å². The van der Waals surface area contributed by atoms with Gasteiger partial charge in [-0.3, -0.25) is 0 Å². The molecule has 0 radical (unpaired) electrons. The number of hydrogen-bond donors (Lipinski definition) is 3. The van der Waals surface area contributed by atoms with Crippen molar-refractivity contribution in [2.24, 2.45) is 10.9 Å². The van der Waals surface area contributed by atoms with Crippen molar-refractivity contribution in [3.05, 3.63) is 96.7 Å². The van der Waals surface area contributed by atoms with Gasteiger partial charge in [0.25, 0.3) is 0 Å². The van der Waals surface area contributed by atoms with Gasteiger partial charge < -0.3 is 15.8 Å². The molecule has 1 heterocycles. The van der Waals surface area contributed by atoms with Crippen LogP contribution >= 0.6 is 0 Å². The first-order valence-corrected chi connectivity index (χ1v) is 11.7. The lowest BCUT2D eigenvalue weighted by Gasteiger charge is -2.12. The number of benzene rings is 3. The van der Waals surface area contributed by atoms with Crippen LogP contribution in [0.1, 0.15) is 11.6 Å². The van der Waals surface area contributed by atoms with Crippen molar-refractivity contribution in [2.75, 3.05) is 5.32 Å². The number of rotatable bonds is 7. The lowest BCUT2D eigenvalue weighted by atomic mass is 10.0. The highest BCUT2D eigenvalue weighted by atomic mass is 32.2. The van der Waals surface area contributed by atoms with Crippen molar-refractivity contribution in [1.29, 1.82) is 0 Å². The van der Waals surface area contributed by atoms with Crippen molar-refractivity contribution < 1.29 is 17.9 Å². The summed E-state index contributed by atoms with van der Waals surface area (Å²) in [6.45, 7) is 0. The fourth-order valence-electron chi connectivity index (χ4n) is 3.10. The van der Waals surface area contributed by atoms with Crippen LogP contribution in [0.4, 0.5) is 11.6 Å². The fraction of sp³-hybridized carbons (Fsp3) is 0.0417.